The van der Waals surface area contributed by atoms with Gasteiger partial charge in [0.2, 0.25) is 17.6 Å². The third-order valence-electron chi connectivity index (χ3n) is 4.07. The second-order valence-electron chi connectivity index (χ2n) is 6.52. The van der Waals surface area contributed by atoms with Crippen LogP contribution in [0.3, 0.4) is 0 Å². The van der Waals surface area contributed by atoms with Gasteiger partial charge < -0.3 is 20.7 Å². The van der Waals surface area contributed by atoms with Crippen molar-refractivity contribution in [3.8, 4) is 0 Å². The highest BCUT2D eigenvalue weighted by Crippen LogP contribution is 2.33. The Morgan fingerprint density at radius 3 is 2.62 bits per heavy atom. The number of aromatic nitrogens is 2. The molecule has 0 radical (unpaired) electrons. The molecule has 0 amide bonds. The zero-order valence-electron chi connectivity index (χ0n) is 15.0. The van der Waals surface area contributed by atoms with Crippen LogP contribution in [0.25, 0.3) is 0 Å². The summed E-state index contributed by atoms with van der Waals surface area (Å²) in [5, 5.41) is 14.5. The van der Waals surface area contributed by atoms with E-state index < -0.39 is 4.92 Å². The number of rotatable bonds is 4. The van der Waals surface area contributed by atoms with E-state index in [1.165, 1.54) is 0 Å². The standard InChI is InChI=1S/C17H22N6O3/c1-10-5-4-6-13(7-10)19-16-14(23(24)25)15(18)20-17(21-16)22-8-11(2)26-12(3)9-22/h4-7,11-12H,8-9H2,1-3H3,(H3,18,19,20,21)/t11-,12+. The zero-order chi connectivity index (χ0) is 18.8. The van der Waals surface area contributed by atoms with Gasteiger partial charge in [0.1, 0.15) is 0 Å². The SMILES string of the molecule is Cc1cccc(Nc2nc(N3C[C@@H](C)O[C@@H](C)C3)nc(N)c2[N+](=O)[O-])c1. The predicted octanol–water partition coefficient (Wildman–Crippen LogP) is 2.63. The van der Waals surface area contributed by atoms with Crippen molar-refractivity contribution in [1.29, 1.82) is 0 Å². The number of anilines is 4. The van der Waals surface area contributed by atoms with Crippen LogP contribution in [0.5, 0.6) is 0 Å². The van der Waals surface area contributed by atoms with Crippen LogP contribution in [0.4, 0.5) is 29.0 Å². The van der Waals surface area contributed by atoms with Crippen LogP contribution in [0.1, 0.15) is 19.4 Å². The molecule has 9 heteroatoms. The number of nitro groups is 1. The molecule has 2 aromatic rings. The first-order valence-corrected chi connectivity index (χ1v) is 8.39. The fraction of sp³-hybridized carbons (Fsp3) is 0.412. The fourth-order valence-electron chi connectivity index (χ4n) is 3.07. The number of ether oxygens (including phenoxy) is 1. The van der Waals surface area contributed by atoms with Crippen LogP contribution < -0.4 is 16.0 Å². The fourth-order valence-corrected chi connectivity index (χ4v) is 3.07. The van der Waals surface area contributed by atoms with Crippen molar-refractivity contribution in [2.75, 3.05) is 29.0 Å². The first-order chi connectivity index (χ1) is 12.3. The Hall–Kier alpha value is -2.94. The molecule has 9 nitrogen and oxygen atoms in total. The van der Waals surface area contributed by atoms with Crippen LogP contribution in [0.2, 0.25) is 0 Å². The van der Waals surface area contributed by atoms with Gasteiger partial charge >= 0.3 is 5.69 Å². The van der Waals surface area contributed by atoms with Crippen molar-refractivity contribution in [2.45, 2.75) is 33.0 Å². The molecule has 1 aliphatic heterocycles. The maximum atomic E-state index is 11.5. The predicted molar refractivity (Wildman–Crippen MR) is 99.8 cm³/mol. The van der Waals surface area contributed by atoms with E-state index in [9.17, 15) is 10.1 Å². The van der Waals surface area contributed by atoms with Gasteiger partial charge in [-0.25, -0.2) is 0 Å². The van der Waals surface area contributed by atoms with E-state index in [4.69, 9.17) is 10.5 Å². The monoisotopic (exact) mass is 358 g/mol. The minimum atomic E-state index is -0.568. The summed E-state index contributed by atoms with van der Waals surface area (Å²) < 4.78 is 5.72. The largest absolute Gasteiger partial charge is 0.378 e. The highest BCUT2D eigenvalue weighted by atomic mass is 16.6. The summed E-state index contributed by atoms with van der Waals surface area (Å²) in [6.45, 7) is 7.04. The summed E-state index contributed by atoms with van der Waals surface area (Å²) >= 11 is 0. The summed E-state index contributed by atoms with van der Waals surface area (Å²) in [5.74, 6) is 0.266. The Bertz CT molecular complexity index is 818. The molecule has 0 aliphatic carbocycles. The highest BCUT2D eigenvalue weighted by molar-refractivity contribution is 5.74. The molecule has 26 heavy (non-hydrogen) atoms. The maximum Gasteiger partial charge on any atom is 0.353 e. The number of hydrogen-bond donors (Lipinski definition) is 2. The quantitative estimate of drug-likeness (QED) is 0.632. The van der Waals surface area contributed by atoms with Crippen LogP contribution in [-0.2, 0) is 4.74 Å². The van der Waals surface area contributed by atoms with Gasteiger partial charge in [-0.2, -0.15) is 9.97 Å². The average molecular weight is 358 g/mol. The summed E-state index contributed by atoms with van der Waals surface area (Å²) in [7, 11) is 0. The molecule has 2 atom stereocenters. The van der Waals surface area contributed by atoms with Crippen molar-refractivity contribution in [2.24, 2.45) is 0 Å². The van der Waals surface area contributed by atoms with E-state index in [0.717, 1.165) is 5.56 Å². The van der Waals surface area contributed by atoms with Gasteiger partial charge in [-0.1, -0.05) is 12.1 Å². The number of benzene rings is 1. The first kappa shape index (κ1) is 17.9. The minimum absolute atomic E-state index is 0.00643. The van der Waals surface area contributed by atoms with Gasteiger partial charge in [0.05, 0.1) is 17.1 Å². The molecule has 1 aliphatic rings. The molecule has 1 saturated heterocycles. The van der Waals surface area contributed by atoms with Gasteiger partial charge in [-0.05, 0) is 38.5 Å². The second kappa shape index (κ2) is 7.12. The van der Waals surface area contributed by atoms with Crippen molar-refractivity contribution in [3.63, 3.8) is 0 Å². The Balaban J connectivity index is 2.00. The van der Waals surface area contributed by atoms with Gasteiger partial charge in [-0.15, -0.1) is 0 Å². The van der Waals surface area contributed by atoms with E-state index in [-0.39, 0.29) is 29.5 Å². The topological polar surface area (TPSA) is 119 Å². The first-order valence-electron chi connectivity index (χ1n) is 8.39. The summed E-state index contributed by atoms with van der Waals surface area (Å²) in [6, 6.07) is 7.49. The van der Waals surface area contributed by atoms with Gasteiger partial charge in [0.15, 0.2) is 0 Å². The highest BCUT2D eigenvalue weighted by Gasteiger charge is 2.29. The van der Waals surface area contributed by atoms with E-state index in [1.807, 2.05) is 49.9 Å². The number of aryl methyl sites for hydroxylation is 1. The Labute approximate surface area is 151 Å². The lowest BCUT2D eigenvalue weighted by Gasteiger charge is -2.35. The number of hydrogen-bond acceptors (Lipinski definition) is 8. The minimum Gasteiger partial charge on any atom is -0.378 e. The summed E-state index contributed by atoms with van der Waals surface area (Å²) in [5.41, 5.74) is 7.28. The molecule has 0 saturated carbocycles. The van der Waals surface area contributed by atoms with Crippen LogP contribution >= 0.6 is 0 Å². The maximum absolute atomic E-state index is 11.5. The van der Waals surface area contributed by atoms with Gasteiger partial charge in [0.25, 0.3) is 0 Å². The summed E-state index contributed by atoms with van der Waals surface area (Å²) in [4.78, 5) is 21.4. The van der Waals surface area contributed by atoms with Crippen molar-refractivity contribution in [3.05, 3.63) is 39.9 Å². The molecule has 0 bridgehead atoms. The van der Waals surface area contributed by atoms with E-state index >= 15 is 0 Å². The molecule has 3 N–H and O–H groups in total. The van der Waals surface area contributed by atoms with Crippen LogP contribution in [-0.4, -0.2) is 40.2 Å². The van der Waals surface area contributed by atoms with Gasteiger partial charge in [0, 0.05) is 18.8 Å². The molecule has 0 spiro atoms. The number of nitrogens with one attached hydrogen (secondary N) is 1. The third-order valence-corrected chi connectivity index (χ3v) is 4.07. The van der Waals surface area contributed by atoms with Gasteiger partial charge in [-0.3, -0.25) is 10.1 Å². The summed E-state index contributed by atoms with van der Waals surface area (Å²) in [6.07, 6.45) is 0.0129. The Morgan fingerprint density at radius 1 is 1.31 bits per heavy atom. The smallest absolute Gasteiger partial charge is 0.353 e. The molecular formula is C17H22N6O3. The lowest BCUT2D eigenvalue weighted by molar-refractivity contribution is -0.383. The number of nitrogens with two attached hydrogens (primary N) is 1. The molecule has 1 fully saturated rings. The number of morpholine rings is 1. The molecule has 138 valence electrons. The van der Waals surface area contributed by atoms with E-state index in [1.54, 1.807) is 0 Å². The van der Waals surface area contributed by atoms with Crippen molar-refractivity contribution in [1.82, 2.24) is 9.97 Å². The lowest BCUT2D eigenvalue weighted by Crippen LogP contribution is -2.46. The van der Waals surface area contributed by atoms with Crippen molar-refractivity contribution < 1.29 is 9.66 Å². The average Bonchev–Trinajstić information content (AvgIpc) is 2.53. The zero-order valence-corrected chi connectivity index (χ0v) is 15.0. The van der Waals surface area contributed by atoms with Crippen LogP contribution in [0.15, 0.2) is 24.3 Å². The molecule has 0 unspecified atom stereocenters. The van der Waals surface area contributed by atoms with E-state index in [2.05, 4.69) is 15.3 Å². The third kappa shape index (κ3) is 3.83. The molecule has 2 heterocycles. The molecular weight excluding hydrogens is 336 g/mol. The Morgan fingerprint density at radius 2 is 2.00 bits per heavy atom. The molecule has 3 rings (SSSR count). The van der Waals surface area contributed by atoms with Crippen molar-refractivity contribution >= 4 is 29.0 Å². The molecule has 1 aromatic carbocycles. The van der Waals surface area contributed by atoms with Crippen LogP contribution in [0, 0.1) is 17.0 Å². The number of nitrogens with zero attached hydrogens (tertiary/aromatic N) is 4. The Kier molecular flexibility index (Phi) is 4.90. The normalized spacial score (nSPS) is 20.0. The van der Waals surface area contributed by atoms with E-state index in [0.29, 0.717) is 24.7 Å². The molecule has 1 aromatic heterocycles. The number of nitrogen functional groups attached to an aromatic ring is 1. The lowest BCUT2D eigenvalue weighted by atomic mass is 10.2. The second-order valence-corrected chi connectivity index (χ2v) is 6.52.